The largest absolute Gasteiger partial charge is 0.342 e. The monoisotopic (exact) mass is 264 g/mol. The van der Waals surface area contributed by atoms with Crippen LogP contribution in [0, 0.1) is 5.92 Å². The highest BCUT2D eigenvalue weighted by atomic mass is 15.3. The smallest absolute Gasteiger partial charge is 0.205 e. The molecule has 1 aromatic rings. The molecule has 0 aromatic carbocycles. The van der Waals surface area contributed by atoms with E-state index in [-0.39, 0.29) is 0 Å². The molecule has 108 valence electrons. The van der Waals surface area contributed by atoms with E-state index >= 15 is 0 Å². The maximum absolute atomic E-state index is 4.79. The van der Waals surface area contributed by atoms with E-state index in [4.69, 9.17) is 4.98 Å². The SMILES string of the molecule is CCc1cn(CC)c(N2CCC(CCNC)CC2)n1. The lowest BCUT2D eigenvalue weighted by atomic mass is 9.94. The molecule has 2 heterocycles. The summed E-state index contributed by atoms with van der Waals surface area (Å²) in [5.41, 5.74) is 1.22. The van der Waals surface area contributed by atoms with E-state index in [9.17, 15) is 0 Å². The topological polar surface area (TPSA) is 33.1 Å². The quantitative estimate of drug-likeness (QED) is 0.856. The normalized spacial score (nSPS) is 17.1. The van der Waals surface area contributed by atoms with Crippen LogP contribution in [0.25, 0.3) is 0 Å². The third kappa shape index (κ3) is 3.50. The van der Waals surface area contributed by atoms with Gasteiger partial charge in [0.05, 0.1) is 5.69 Å². The van der Waals surface area contributed by atoms with Gasteiger partial charge in [-0.25, -0.2) is 4.98 Å². The second-order valence-electron chi connectivity index (χ2n) is 5.49. The van der Waals surface area contributed by atoms with Crippen molar-refractivity contribution < 1.29 is 0 Å². The first kappa shape index (κ1) is 14.4. The lowest BCUT2D eigenvalue weighted by Gasteiger charge is -2.33. The number of anilines is 1. The molecule has 1 aliphatic rings. The third-order valence-corrected chi connectivity index (χ3v) is 4.21. The minimum atomic E-state index is 0.888. The number of nitrogens with one attached hydrogen (secondary N) is 1. The number of hydrogen-bond donors (Lipinski definition) is 1. The first-order valence-corrected chi connectivity index (χ1v) is 7.74. The molecule has 0 radical (unpaired) electrons. The Balaban J connectivity index is 1.95. The van der Waals surface area contributed by atoms with Gasteiger partial charge >= 0.3 is 0 Å². The molecule has 0 amide bonds. The molecule has 4 nitrogen and oxygen atoms in total. The van der Waals surface area contributed by atoms with E-state index in [1.165, 1.54) is 30.9 Å². The van der Waals surface area contributed by atoms with Crippen molar-refractivity contribution in [3.05, 3.63) is 11.9 Å². The van der Waals surface area contributed by atoms with Crippen LogP contribution in [0.3, 0.4) is 0 Å². The second kappa shape index (κ2) is 6.94. The Labute approximate surface area is 117 Å². The zero-order valence-electron chi connectivity index (χ0n) is 12.7. The summed E-state index contributed by atoms with van der Waals surface area (Å²) in [5, 5.41) is 3.26. The van der Waals surface area contributed by atoms with E-state index in [2.05, 4.69) is 34.8 Å². The molecular formula is C15H28N4. The minimum absolute atomic E-state index is 0.888. The highest BCUT2D eigenvalue weighted by Crippen LogP contribution is 2.24. The van der Waals surface area contributed by atoms with Crippen LogP contribution >= 0.6 is 0 Å². The zero-order valence-corrected chi connectivity index (χ0v) is 12.7. The Morgan fingerprint density at radius 2 is 2.05 bits per heavy atom. The van der Waals surface area contributed by atoms with Crippen LogP contribution in [-0.2, 0) is 13.0 Å². The molecule has 0 unspecified atom stereocenters. The molecule has 0 atom stereocenters. The molecule has 2 rings (SSSR count). The Morgan fingerprint density at radius 1 is 1.32 bits per heavy atom. The van der Waals surface area contributed by atoms with Crippen LogP contribution < -0.4 is 10.2 Å². The van der Waals surface area contributed by atoms with Gasteiger partial charge in [0, 0.05) is 25.8 Å². The van der Waals surface area contributed by atoms with E-state index in [0.717, 1.165) is 38.5 Å². The van der Waals surface area contributed by atoms with E-state index in [0.29, 0.717) is 0 Å². The summed E-state index contributed by atoms with van der Waals surface area (Å²) >= 11 is 0. The van der Waals surface area contributed by atoms with Crippen molar-refractivity contribution in [1.29, 1.82) is 0 Å². The molecule has 0 spiro atoms. The minimum Gasteiger partial charge on any atom is -0.342 e. The summed E-state index contributed by atoms with van der Waals surface area (Å²) in [7, 11) is 2.04. The average molecular weight is 264 g/mol. The van der Waals surface area contributed by atoms with Gasteiger partial charge in [0.25, 0.3) is 0 Å². The fourth-order valence-electron chi connectivity index (χ4n) is 2.88. The molecule has 0 aliphatic carbocycles. The van der Waals surface area contributed by atoms with Crippen molar-refractivity contribution in [1.82, 2.24) is 14.9 Å². The van der Waals surface area contributed by atoms with Gasteiger partial charge in [0.1, 0.15) is 0 Å². The zero-order chi connectivity index (χ0) is 13.7. The van der Waals surface area contributed by atoms with Crippen LogP contribution in [0.2, 0.25) is 0 Å². The second-order valence-corrected chi connectivity index (χ2v) is 5.49. The molecule has 1 N–H and O–H groups in total. The number of nitrogens with zero attached hydrogens (tertiary/aromatic N) is 3. The first-order valence-electron chi connectivity index (χ1n) is 7.74. The van der Waals surface area contributed by atoms with Crippen molar-refractivity contribution in [2.45, 2.75) is 46.1 Å². The number of hydrogen-bond acceptors (Lipinski definition) is 3. The third-order valence-electron chi connectivity index (χ3n) is 4.21. The van der Waals surface area contributed by atoms with Gasteiger partial charge < -0.3 is 14.8 Å². The van der Waals surface area contributed by atoms with Crippen molar-refractivity contribution in [2.75, 3.05) is 31.6 Å². The molecule has 19 heavy (non-hydrogen) atoms. The highest BCUT2D eigenvalue weighted by Gasteiger charge is 2.22. The summed E-state index contributed by atoms with van der Waals surface area (Å²) < 4.78 is 2.30. The molecule has 1 saturated heterocycles. The molecular weight excluding hydrogens is 236 g/mol. The van der Waals surface area contributed by atoms with Gasteiger partial charge in [-0.05, 0) is 52.1 Å². The first-order chi connectivity index (χ1) is 9.28. The van der Waals surface area contributed by atoms with E-state index in [1.807, 2.05) is 7.05 Å². The summed E-state index contributed by atoms with van der Waals surface area (Å²) in [6.07, 6.45) is 7.16. The highest BCUT2D eigenvalue weighted by molar-refractivity contribution is 5.34. The van der Waals surface area contributed by atoms with Gasteiger partial charge in [-0.2, -0.15) is 0 Å². The molecule has 1 aromatic heterocycles. The summed E-state index contributed by atoms with van der Waals surface area (Å²) in [6.45, 7) is 8.86. The van der Waals surface area contributed by atoms with Gasteiger partial charge in [0.2, 0.25) is 5.95 Å². The predicted octanol–water partition coefficient (Wildman–Crippen LogP) is 2.29. The van der Waals surface area contributed by atoms with Crippen molar-refractivity contribution in [3.63, 3.8) is 0 Å². The standard InChI is InChI=1S/C15H28N4/c1-4-14-12-18(5-2)15(17-14)19-10-7-13(8-11-19)6-9-16-3/h12-13,16H,4-11H2,1-3H3. The fourth-order valence-corrected chi connectivity index (χ4v) is 2.88. The Bertz CT molecular complexity index is 377. The van der Waals surface area contributed by atoms with Gasteiger partial charge in [-0.15, -0.1) is 0 Å². The lowest BCUT2D eigenvalue weighted by Crippen LogP contribution is -2.36. The van der Waals surface area contributed by atoms with Gasteiger partial charge in [-0.3, -0.25) is 0 Å². The number of aromatic nitrogens is 2. The average Bonchev–Trinajstić information content (AvgIpc) is 2.89. The van der Waals surface area contributed by atoms with Crippen molar-refractivity contribution in [3.8, 4) is 0 Å². The lowest BCUT2D eigenvalue weighted by molar-refractivity contribution is 0.374. The predicted molar refractivity (Wildman–Crippen MR) is 80.8 cm³/mol. The number of imidazole rings is 1. The number of rotatable bonds is 6. The summed E-state index contributed by atoms with van der Waals surface area (Å²) in [5.74, 6) is 2.07. The van der Waals surface area contributed by atoms with Gasteiger partial charge in [0.15, 0.2) is 0 Å². The van der Waals surface area contributed by atoms with Crippen LogP contribution in [0.5, 0.6) is 0 Å². The van der Waals surface area contributed by atoms with Crippen LogP contribution in [-0.4, -0.2) is 36.2 Å². The van der Waals surface area contributed by atoms with E-state index < -0.39 is 0 Å². The molecule has 0 saturated carbocycles. The number of piperidine rings is 1. The maximum atomic E-state index is 4.79. The van der Waals surface area contributed by atoms with Gasteiger partial charge in [-0.1, -0.05) is 6.92 Å². The Kier molecular flexibility index (Phi) is 5.25. The molecule has 1 fully saturated rings. The van der Waals surface area contributed by atoms with Crippen LogP contribution in [0.1, 0.15) is 38.8 Å². The molecule has 4 heteroatoms. The fraction of sp³-hybridized carbons (Fsp3) is 0.800. The molecule has 1 aliphatic heterocycles. The van der Waals surface area contributed by atoms with Crippen LogP contribution in [0.15, 0.2) is 6.20 Å². The number of aryl methyl sites for hydroxylation is 2. The Morgan fingerprint density at radius 3 is 2.63 bits per heavy atom. The maximum Gasteiger partial charge on any atom is 0.205 e. The van der Waals surface area contributed by atoms with E-state index in [1.54, 1.807) is 0 Å². The van der Waals surface area contributed by atoms with Crippen LogP contribution in [0.4, 0.5) is 5.95 Å². The molecule has 0 bridgehead atoms. The summed E-state index contributed by atoms with van der Waals surface area (Å²) in [6, 6.07) is 0. The van der Waals surface area contributed by atoms with Crippen molar-refractivity contribution >= 4 is 5.95 Å². The Hall–Kier alpha value is -1.03. The summed E-state index contributed by atoms with van der Waals surface area (Å²) in [4.78, 5) is 7.26. The van der Waals surface area contributed by atoms with Crippen molar-refractivity contribution in [2.24, 2.45) is 5.92 Å².